The second-order valence-corrected chi connectivity index (χ2v) is 5.15. The molecule has 100 valence electrons. The fraction of sp³-hybridized carbons (Fsp3) is 0.600. The van der Waals surface area contributed by atoms with E-state index in [1.54, 1.807) is 17.5 Å². The van der Waals surface area contributed by atoms with E-state index in [0.717, 1.165) is 9.88 Å². The Morgan fingerprint density at radius 3 is 2.53 bits per heavy atom. The molecule has 1 unspecified atom stereocenters. The molecule has 1 aromatic rings. The van der Waals surface area contributed by atoms with E-state index in [1.165, 1.54) is 0 Å². The summed E-state index contributed by atoms with van der Waals surface area (Å²) in [6.07, 6.45) is 1.78. The minimum absolute atomic E-state index is 0. The van der Waals surface area contributed by atoms with E-state index in [9.17, 15) is 4.79 Å². The van der Waals surface area contributed by atoms with E-state index in [2.05, 4.69) is 10.3 Å². The molecular formula is C10H19Cl2N3OS. The van der Waals surface area contributed by atoms with Gasteiger partial charge in [-0.05, 0) is 12.8 Å². The molecule has 0 spiro atoms. The maximum absolute atomic E-state index is 11.5. The van der Waals surface area contributed by atoms with Gasteiger partial charge in [0.15, 0.2) is 0 Å². The van der Waals surface area contributed by atoms with E-state index in [0.29, 0.717) is 6.54 Å². The third-order valence-electron chi connectivity index (χ3n) is 2.13. The van der Waals surface area contributed by atoms with Crippen molar-refractivity contribution in [1.29, 1.82) is 0 Å². The molecule has 0 aliphatic rings. The summed E-state index contributed by atoms with van der Waals surface area (Å²) in [6.45, 7) is 6.32. The van der Waals surface area contributed by atoms with Crippen molar-refractivity contribution >= 4 is 42.1 Å². The van der Waals surface area contributed by atoms with Crippen LogP contribution in [-0.2, 0) is 11.3 Å². The number of carbonyl (C=O) groups is 1. The maximum Gasteiger partial charge on any atom is 0.237 e. The van der Waals surface area contributed by atoms with Crippen molar-refractivity contribution in [2.24, 2.45) is 11.7 Å². The molecule has 7 heteroatoms. The van der Waals surface area contributed by atoms with Gasteiger partial charge < -0.3 is 11.1 Å². The molecule has 0 radical (unpaired) electrons. The van der Waals surface area contributed by atoms with Gasteiger partial charge in [0.2, 0.25) is 5.91 Å². The Hall–Kier alpha value is -0.360. The van der Waals surface area contributed by atoms with Crippen LogP contribution in [0.3, 0.4) is 0 Å². The number of hydrogen-bond acceptors (Lipinski definition) is 4. The van der Waals surface area contributed by atoms with Crippen LogP contribution >= 0.6 is 36.2 Å². The van der Waals surface area contributed by atoms with Crippen molar-refractivity contribution in [2.75, 3.05) is 0 Å². The zero-order chi connectivity index (χ0) is 11.4. The number of halogens is 2. The minimum Gasteiger partial charge on any atom is -0.350 e. The molecule has 0 aliphatic heterocycles. The molecule has 0 saturated carbocycles. The smallest absolute Gasteiger partial charge is 0.237 e. The lowest BCUT2D eigenvalue weighted by Crippen LogP contribution is -2.43. The van der Waals surface area contributed by atoms with E-state index in [-0.39, 0.29) is 36.6 Å². The molecule has 4 nitrogen and oxygen atoms in total. The van der Waals surface area contributed by atoms with Crippen molar-refractivity contribution in [3.05, 3.63) is 16.1 Å². The van der Waals surface area contributed by atoms with Crippen LogP contribution in [0, 0.1) is 12.8 Å². The predicted octanol–water partition coefficient (Wildman–Crippen LogP) is 1.89. The number of nitrogens with one attached hydrogen (secondary N) is 1. The number of rotatable bonds is 4. The van der Waals surface area contributed by atoms with Crippen LogP contribution in [0.1, 0.15) is 23.7 Å². The normalized spacial score (nSPS) is 11.4. The second kappa shape index (κ2) is 8.69. The lowest BCUT2D eigenvalue weighted by molar-refractivity contribution is -0.123. The monoisotopic (exact) mass is 299 g/mol. The second-order valence-electron chi connectivity index (χ2n) is 3.83. The van der Waals surface area contributed by atoms with Gasteiger partial charge in [0, 0.05) is 11.1 Å². The Kier molecular flexibility index (Phi) is 9.71. The van der Waals surface area contributed by atoms with E-state index >= 15 is 0 Å². The summed E-state index contributed by atoms with van der Waals surface area (Å²) in [4.78, 5) is 16.7. The highest BCUT2D eigenvalue weighted by atomic mass is 35.5. The van der Waals surface area contributed by atoms with Crippen molar-refractivity contribution in [3.63, 3.8) is 0 Å². The number of amides is 1. The fourth-order valence-corrected chi connectivity index (χ4v) is 1.82. The number of hydrogen-bond donors (Lipinski definition) is 2. The highest BCUT2D eigenvalue weighted by Gasteiger charge is 2.16. The first-order chi connectivity index (χ1) is 7.00. The lowest BCUT2D eigenvalue weighted by Gasteiger charge is -2.14. The SMILES string of the molecule is Cc1ncc(CNC(=O)C(N)C(C)C)s1.Cl.Cl. The molecular weight excluding hydrogens is 281 g/mol. The Labute approximate surface area is 118 Å². The average Bonchev–Trinajstić information content (AvgIpc) is 2.59. The molecule has 0 fully saturated rings. The van der Waals surface area contributed by atoms with Crippen LogP contribution in [0.5, 0.6) is 0 Å². The third kappa shape index (κ3) is 6.21. The van der Waals surface area contributed by atoms with Crippen LogP contribution < -0.4 is 11.1 Å². The molecule has 0 bridgehead atoms. The molecule has 3 N–H and O–H groups in total. The van der Waals surface area contributed by atoms with Gasteiger partial charge in [-0.1, -0.05) is 13.8 Å². The van der Waals surface area contributed by atoms with Crippen LogP contribution in [0.4, 0.5) is 0 Å². The Morgan fingerprint density at radius 1 is 1.53 bits per heavy atom. The highest BCUT2D eigenvalue weighted by molar-refractivity contribution is 7.11. The highest BCUT2D eigenvalue weighted by Crippen LogP contribution is 2.10. The minimum atomic E-state index is -0.431. The first-order valence-electron chi connectivity index (χ1n) is 4.95. The summed E-state index contributed by atoms with van der Waals surface area (Å²) in [5, 5.41) is 3.81. The summed E-state index contributed by atoms with van der Waals surface area (Å²) in [7, 11) is 0. The maximum atomic E-state index is 11.5. The molecule has 1 heterocycles. The summed E-state index contributed by atoms with van der Waals surface area (Å²) in [6, 6.07) is -0.431. The lowest BCUT2D eigenvalue weighted by atomic mass is 10.1. The Balaban J connectivity index is 0. The Morgan fingerprint density at radius 2 is 2.12 bits per heavy atom. The average molecular weight is 300 g/mol. The van der Waals surface area contributed by atoms with Gasteiger partial charge >= 0.3 is 0 Å². The van der Waals surface area contributed by atoms with Gasteiger partial charge in [0.05, 0.1) is 17.6 Å². The van der Waals surface area contributed by atoms with Crippen molar-refractivity contribution in [1.82, 2.24) is 10.3 Å². The summed E-state index contributed by atoms with van der Waals surface area (Å²) >= 11 is 1.58. The zero-order valence-corrected chi connectivity index (χ0v) is 12.5. The van der Waals surface area contributed by atoms with Crippen molar-refractivity contribution in [3.8, 4) is 0 Å². The molecule has 0 aromatic carbocycles. The number of carbonyl (C=O) groups excluding carboxylic acids is 1. The van der Waals surface area contributed by atoms with E-state index in [4.69, 9.17) is 5.73 Å². The first kappa shape index (κ1) is 19.0. The van der Waals surface area contributed by atoms with Gasteiger partial charge in [-0.15, -0.1) is 36.2 Å². The van der Waals surface area contributed by atoms with Gasteiger partial charge in [-0.2, -0.15) is 0 Å². The van der Waals surface area contributed by atoms with Crippen molar-refractivity contribution in [2.45, 2.75) is 33.4 Å². The number of nitrogens with two attached hydrogens (primary N) is 1. The number of aromatic nitrogens is 1. The van der Waals surface area contributed by atoms with Crippen molar-refractivity contribution < 1.29 is 4.79 Å². The molecule has 1 rings (SSSR count). The molecule has 0 saturated heterocycles. The van der Waals surface area contributed by atoms with Crippen LogP contribution in [0.2, 0.25) is 0 Å². The third-order valence-corrected chi connectivity index (χ3v) is 3.04. The number of thiazole rings is 1. The zero-order valence-electron chi connectivity index (χ0n) is 10.1. The summed E-state index contributed by atoms with van der Waals surface area (Å²) in [5.74, 6) is 0.0595. The van der Waals surface area contributed by atoms with Gasteiger partial charge in [-0.3, -0.25) is 4.79 Å². The quantitative estimate of drug-likeness (QED) is 0.892. The Bertz CT molecular complexity index is 344. The first-order valence-corrected chi connectivity index (χ1v) is 5.77. The molecule has 1 atom stereocenters. The molecule has 1 amide bonds. The predicted molar refractivity (Wildman–Crippen MR) is 76.0 cm³/mol. The van der Waals surface area contributed by atoms with E-state index in [1.807, 2.05) is 20.8 Å². The van der Waals surface area contributed by atoms with Gasteiger partial charge in [0.1, 0.15) is 0 Å². The summed E-state index contributed by atoms with van der Waals surface area (Å²) < 4.78 is 0. The molecule has 17 heavy (non-hydrogen) atoms. The topological polar surface area (TPSA) is 68.0 Å². The summed E-state index contributed by atoms with van der Waals surface area (Å²) in [5.41, 5.74) is 5.71. The standard InChI is InChI=1S/C10H17N3OS.2ClH/c1-6(2)9(11)10(14)13-5-8-4-12-7(3)15-8;;/h4,6,9H,5,11H2,1-3H3,(H,13,14);2*1H. The van der Waals surface area contributed by atoms with E-state index < -0.39 is 6.04 Å². The molecule has 0 aliphatic carbocycles. The van der Waals surface area contributed by atoms with Crippen LogP contribution in [0.25, 0.3) is 0 Å². The number of nitrogens with zero attached hydrogens (tertiary/aromatic N) is 1. The fourth-order valence-electron chi connectivity index (χ4n) is 1.08. The van der Waals surface area contributed by atoms with Gasteiger partial charge in [0.25, 0.3) is 0 Å². The van der Waals surface area contributed by atoms with Gasteiger partial charge in [-0.25, -0.2) is 4.98 Å². The van der Waals surface area contributed by atoms with Crippen LogP contribution in [0.15, 0.2) is 6.20 Å². The van der Waals surface area contributed by atoms with Crippen LogP contribution in [-0.4, -0.2) is 16.9 Å². The molecule has 1 aromatic heterocycles. The number of aryl methyl sites for hydroxylation is 1. The largest absolute Gasteiger partial charge is 0.350 e.